The Balaban J connectivity index is 1.54. The highest BCUT2D eigenvalue weighted by Gasteiger charge is 2.26. The number of carbonyl (C=O) groups excluding carboxylic acids is 1. The van der Waals surface area contributed by atoms with E-state index in [-0.39, 0.29) is 5.91 Å². The summed E-state index contributed by atoms with van der Waals surface area (Å²) in [7, 11) is 1.69. The van der Waals surface area contributed by atoms with Crippen LogP contribution in [0.3, 0.4) is 0 Å². The summed E-state index contributed by atoms with van der Waals surface area (Å²) < 4.78 is 13.1. The molecule has 0 saturated carbocycles. The number of aromatic nitrogens is 1. The van der Waals surface area contributed by atoms with Gasteiger partial charge in [-0.25, -0.2) is 0 Å². The topological polar surface area (TPSA) is 55.7 Å². The Labute approximate surface area is 179 Å². The van der Waals surface area contributed by atoms with Crippen LogP contribution in [0.5, 0.6) is 5.75 Å². The number of methoxy groups -OCH3 is 1. The Bertz CT molecular complexity index is 884. The van der Waals surface area contributed by atoms with Crippen molar-refractivity contribution < 1.29 is 14.3 Å². The minimum Gasteiger partial charge on any atom is -0.497 e. The lowest BCUT2D eigenvalue weighted by Crippen LogP contribution is -2.41. The highest BCUT2D eigenvalue weighted by Crippen LogP contribution is 2.31. The zero-order valence-corrected chi connectivity index (χ0v) is 18.2. The molecule has 1 fully saturated rings. The molecule has 1 aromatic carbocycles. The first kappa shape index (κ1) is 20.9. The fourth-order valence-electron chi connectivity index (χ4n) is 4.73. The zero-order chi connectivity index (χ0) is 20.9. The Morgan fingerprint density at radius 3 is 2.80 bits per heavy atom. The summed E-state index contributed by atoms with van der Waals surface area (Å²) in [4.78, 5) is 15.6. The van der Waals surface area contributed by atoms with Crippen LogP contribution in [0.2, 0.25) is 0 Å². The predicted molar refractivity (Wildman–Crippen MR) is 117 cm³/mol. The van der Waals surface area contributed by atoms with Crippen LogP contribution in [0.25, 0.3) is 0 Å². The summed E-state index contributed by atoms with van der Waals surface area (Å²) in [6.07, 6.45) is 4.50. The van der Waals surface area contributed by atoms with Crippen molar-refractivity contribution in [3.05, 3.63) is 52.3 Å². The van der Waals surface area contributed by atoms with Crippen LogP contribution in [0.1, 0.15) is 45.7 Å². The van der Waals surface area contributed by atoms with Gasteiger partial charge < -0.3 is 19.4 Å². The fraction of sp³-hybridized carbons (Fsp3) is 0.542. The summed E-state index contributed by atoms with van der Waals surface area (Å²) in [5.41, 5.74) is 5.84. The lowest BCUT2D eigenvalue weighted by atomic mass is 9.95. The van der Waals surface area contributed by atoms with Gasteiger partial charge >= 0.3 is 0 Å². The van der Waals surface area contributed by atoms with E-state index in [2.05, 4.69) is 33.8 Å². The van der Waals surface area contributed by atoms with Gasteiger partial charge in [-0.3, -0.25) is 9.69 Å². The molecule has 6 heteroatoms. The van der Waals surface area contributed by atoms with Crippen LogP contribution < -0.4 is 10.1 Å². The average Bonchev–Trinajstić information content (AvgIpc) is 3.06. The SMILES string of the molecule is COc1cccc(Cn2c3c(c(C)c2C(=O)NCCN2CCOCC2)CCCC3)c1. The molecule has 0 spiro atoms. The van der Waals surface area contributed by atoms with Crippen LogP contribution in [0.15, 0.2) is 24.3 Å². The average molecular weight is 412 g/mol. The second-order valence-electron chi connectivity index (χ2n) is 8.25. The van der Waals surface area contributed by atoms with Gasteiger partial charge in [0.2, 0.25) is 0 Å². The van der Waals surface area contributed by atoms with Crippen LogP contribution in [0, 0.1) is 6.92 Å². The van der Waals surface area contributed by atoms with Gasteiger partial charge in [0.1, 0.15) is 11.4 Å². The third-order valence-corrected chi connectivity index (χ3v) is 6.35. The maximum absolute atomic E-state index is 13.3. The molecule has 0 unspecified atom stereocenters. The number of ether oxygens (including phenoxy) is 2. The summed E-state index contributed by atoms with van der Waals surface area (Å²) in [5.74, 6) is 0.889. The summed E-state index contributed by atoms with van der Waals surface area (Å²) in [6, 6.07) is 8.13. The first-order valence-electron chi connectivity index (χ1n) is 11.1. The largest absolute Gasteiger partial charge is 0.497 e. The number of morpholine rings is 1. The van der Waals surface area contributed by atoms with Gasteiger partial charge in [-0.2, -0.15) is 0 Å². The van der Waals surface area contributed by atoms with E-state index in [1.54, 1.807) is 7.11 Å². The van der Waals surface area contributed by atoms with Crippen molar-refractivity contribution >= 4 is 5.91 Å². The van der Waals surface area contributed by atoms with Crippen molar-refractivity contribution in [2.45, 2.75) is 39.2 Å². The van der Waals surface area contributed by atoms with E-state index in [1.807, 2.05) is 12.1 Å². The van der Waals surface area contributed by atoms with Crippen LogP contribution >= 0.6 is 0 Å². The van der Waals surface area contributed by atoms with Crippen LogP contribution in [0.4, 0.5) is 0 Å². The molecule has 1 amide bonds. The van der Waals surface area contributed by atoms with Gasteiger partial charge in [-0.05, 0) is 61.4 Å². The first-order valence-corrected chi connectivity index (χ1v) is 11.1. The zero-order valence-electron chi connectivity index (χ0n) is 18.2. The molecule has 4 rings (SSSR count). The Morgan fingerprint density at radius 2 is 2.00 bits per heavy atom. The fourth-order valence-corrected chi connectivity index (χ4v) is 4.73. The Morgan fingerprint density at radius 1 is 1.20 bits per heavy atom. The van der Waals surface area contributed by atoms with Crippen molar-refractivity contribution in [1.29, 1.82) is 0 Å². The number of amides is 1. The van der Waals surface area contributed by atoms with Gasteiger partial charge in [0.15, 0.2) is 0 Å². The maximum atomic E-state index is 13.3. The molecular weight excluding hydrogens is 378 g/mol. The van der Waals surface area contributed by atoms with Gasteiger partial charge in [0, 0.05) is 38.4 Å². The lowest BCUT2D eigenvalue weighted by molar-refractivity contribution is 0.0383. The molecule has 2 heterocycles. The van der Waals surface area contributed by atoms with E-state index < -0.39 is 0 Å². The van der Waals surface area contributed by atoms with Crippen LogP contribution in [-0.4, -0.2) is 61.9 Å². The number of fused-ring (bicyclic) bond motifs is 1. The van der Waals surface area contributed by atoms with Gasteiger partial charge in [-0.15, -0.1) is 0 Å². The number of rotatable bonds is 7. The summed E-state index contributed by atoms with van der Waals surface area (Å²) in [5, 5.41) is 3.18. The smallest absolute Gasteiger partial charge is 0.268 e. The minimum absolute atomic E-state index is 0.0399. The van der Waals surface area contributed by atoms with E-state index in [0.717, 1.165) is 68.3 Å². The van der Waals surface area contributed by atoms with Crippen molar-refractivity contribution in [3.8, 4) is 5.75 Å². The third-order valence-electron chi connectivity index (χ3n) is 6.35. The van der Waals surface area contributed by atoms with Crippen molar-refractivity contribution in [1.82, 2.24) is 14.8 Å². The van der Waals surface area contributed by atoms with E-state index in [9.17, 15) is 4.79 Å². The molecular formula is C24H33N3O3. The van der Waals surface area contributed by atoms with E-state index in [1.165, 1.54) is 24.1 Å². The van der Waals surface area contributed by atoms with Crippen molar-refractivity contribution in [2.75, 3.05) is 46.5 Å². The second-order valence-corrected chi connectivity index (χ2v) is 8.25. The van der Waals surface area contributed by atoms with Gasteiger partial charge in [-0.1, -0.05) is 12.1 Å². The molecule has 1 aliphatic heterocycles. The number of hydrogen-bond acceptors (Lipinski definition) is 4. The van der Waals surface area contributed by atoms with Gasteiger partial charge in [0.05, 0.1) is 20.3 Å². The van der Waals surface area contributed by atoms with Gasteiger partial charge in [0.25, 0.3) is 5.91 Å². The lowest BCUT2D eigenvalue weighted by Gasteiger charge is -2.26. The van der Waals surface area contributed by atoms with Crippen molar-refractivity contribution in [3.63, 3.8) is 0 Å². The van der Waals surface area contributed by atoms with E-state index in [4.69, 9.17) is 9.47 Å². The molecule has 0 atom stereocenters. The standard InChI is InChI=1S/C24H33N3O3/c1-18-21-8-3-4-9-22(21)27(17-19-6-5-7-20(16-19)29-2)23(18)24(28)25-10-11-26-12-14-30-15-13-26/h5-7,16H,3-4,8-15,17H2,1-2H3,(H,25,28). The summed E-state index contributed by atoms with van der Waals surface area (Å²) in [6.45, 7) is 7.78. The predicted octanol–water partition coefficient (Wildman–Crippen LogP) is 2.79. The molecule has 2 aromatic rings. The summed E-state index contributed by atoms with van der Waals surface area (Å²) >= 11 is 0. The quantitative estimate of drug-likeness (QED) is 0.761. The monoisotopic (exact) mass is 411 g/mol. The Hall–Kier alpha value is -2.31. The Kier molecular flexibility index (Phi) is 6.75. The normalized spacial score (nSPS) is 16.9. The first-order chi connectivity index (χ1) is 14.7. The van der Waals surface area contributed by atoms with Crippen molar-refractivity contribution in [2.24, 2.45) is 0 Å². The molecule has 2 aliphatic rings. The highest BCUT2D eigenvalue weighted by molar-refractivity contribution is 5.95. The number of benzene rings is 1. The molecule has 1 N–H and O–H groups in total. The molecule has 6 nitrogen and oxygen atoms in total. The number of nitrogens with zero attached hydrogens (tertiary/aromatic N) is 2. The maximum Gasteiger partial charge on any atom is 0.268 e. The van der Waals surface area contributed by atoms with E-state index in [0.29, 0.717) is 13.1 Å². The van der Waals surface area contributed by atoms with E-state index >= 15 is 0 Å². The molecule has 30 heavy (non-hydrogen) atoms. The highest BCUT2D eigenvalue weighted by atomic mass is 16.5. The molecule has 1 saturated heterocycles. The van der Waals surface area contributed by atoms with Crippen LogP contribution in [-0.2, 0) is 24.1 Å². The molecule has 0 bridgehead atoms. The second kappa shape index (κ2) is 9.67. The molecule has 162 valence electrons. The molecule has 1 aromatic heterocycles. The minimum atomic E-state index is 0.0399. The molecule has 0 radical (unpaired) electrons. The number of hydrogen-bond donors (Lipinski definition) is 1. The molecule has 1 aliphatic carbocycles. The number of nitrogens with one attached hydrogen (secondary N) is 1. The third kappa shape index (κ3) is 4.55. The number of carbonyl (C=O) groups is 1.